The Morgan fingerprint density at radius 1 is 0.436 bits per heavy atom. The first kappa shape index (κ1) is 33.8. The predicted molar refractivity (Wildman–Crippen MR) is 224 cm³/mol. The van der Waals surface area contributed by atoms with Gasteiger partial charge in [-0.3, -0.25) is 4.98 Å². The molecule has 0 unspecified atom stereocenters. The lowest BCUT2D eigenvalue weighted by Crippen LogP contribution is -2.15. The second-order valence-corrected chi connectivity index (χ2v) is 14.9. The number of aryl methyl sites for hydroxylation is 2. The lowest BCUT2D eigenvalue weighted by molar-refractivity contribution is 0.660. The van der Waals surface area contributed by atoms with Crippen molar-refractivity contribution >= 4 is 0 Å². The summed E-state index contributed by atoms with van der Waals surface area (Å²) in [6.45, 7) is 8.62. The van der Waals surface area contributed by atoms with Crippen LogP contribution in [0.1, 0.15) is 41.9 Å². The Bertz CT molecular complexity index is 2790. The Morgan fingerprint density at radius 3 is 1.67 bits per heavy atom. The molecule has 0 fully saturated rings. The van der Waals surface area contributed by atoms with Crippen molar-refractivity contribution in [2.45, 2.75) is 33.1 Å². The Morgan fingerprint density at radius 2 is 0.982 bits per heavy atom. The van der Waals surface area contributed by atoms with Crippen molar-refractivity contribution in [2.75, 3.05) is 0 Å². The van der Waals surface area contributed by atoms with E-state index in [9.17, 15) is 5.26 Å². The van der Waals surface area contributed by atoms with E-state index in [-0.39, 0.29) is 5.41 Å². The summed E-state index contributed by atoms with van der Waals surface area (Å²) in [5.74, 6) is 0.675. The van der Waals surface area contributed by atoms with Gasteiger partial charge in [0.25, 0.3) is 0 Å². The predicted octanol–water partition coefficient (Wildman–Crippen LogP) is 12.7. The largest absolute Gasteiger partial charge is 0.258 e. The Balaban J connectivity index is 1.22. The number of hydrogen-bond donors (Lipinski definition) is 0. The number of nitrogens with zero attached hydrogens (tertiary/aromatic N) is 4. The molecule has 1 aliphatic carbocycles. The second-order valence-electron chi connectivity index (χ2n) is 14.9. The van der Waals surface area contributed by atoms with E-state index in [0.717, 1.165) is 67.3 Å². The van der Waals surface area contributed by atoms with Gasteiger partial charge >= 0.3 is 0 Å². The van der Waals surface area contributed by atoms with E-state index < -0.39 is 0 Å². The highest BCUT2D eigenvalue weighted by atomic mass is 14.9. The molecule has 4 nitrogen and oxygen atoms in total. The standard InChI is InChI=1S/C51H38N4/c1-32-15-22-43(33(2)53-32)41-26-40(39-21-24-45-44-23-16-34(31-52)25-46(44)51(3,4)47(45)29-39)27-42(28-41)49-30-48(54-50(55-49)38-13-9-6-10-14-38)37-19-17-36(18-20-37)35-11-7-5-8-12-35/h5-30H,1-4H3. The molecule has 55 heavy (non-hydrogen) atoms. The SMILES string of the molecule is Cc1ccc(-c2cc(-c3ccc4c(c3)C(C)(C)c3cc(C#N)ccc3-4)cc(-c3cc(-c4ccc(-c5ccccc5)cc4)nc(-c4ccccc4)n3)c2)c(C)n1. The summed E-state index contributed by atoms with van der Waals surface area (Å²) in [5.41, 5.74) is 18.6. The molecule has 0 spiro atoms. The highest BCUT2D eigenvalue weighted by Crippen LogP contribution is 2.50. The monoisotopic (exact) mass is 706 g/mol. The average Bonchev–Trinajstić information content (AvgIpc) is 3.45. The summed E-state index contributed by atoms with van der Waals surface area (Å²) in [6.07, 6.45) is 0. The van der Waals surface area contributed by atoms with Crippen LogP contribution in [0.2, 0.25) is 0 Å². The Kier molecular flexibility index (Phi) is 8.29. The number of rotatable bonds is 6. The Hall–Kier alpha value is -6.96. The molecule has 8 aromatic rings. The number of aromatic nitrogens is 3. The van der Waals surface area contributed by atoms with Gasteiger partial charge in [0.15, 0.2) is 5.82 Å². The molecular weight excluding hydrogens is 669 g/mol. The quantitative estimate of drug-likeness (QED) is 0.173. The third-order valence-electron chi connectivity index (χ3n) is 10.9. The van der Waals surface area contributed by atoms with Gasteiger partial charge in [-0.15, -0.1) is 0 Å². The smallest absolute Gasteiger partial charge is 0.160 e. The van der Waals surface area contributed by atoms with Gasteiger partial charge in [-0.25, -0.2) is 9.97 Å². The van der Waals surface area contributed by atoms with Crippen LogP contribution in [-0.2, 0) is 5.41 Å². The van der Waals surface area contributed by atoms with Gasteiger partial charge in [0, 0.05) is 39.1 Å². The first-order chi connectivity index (χ1) is 26.7. The summed E-state index contributed by atoms with van der Waals surface area (Å²) < 4.78 is 0. The van der Waals surface area contributed by atoms with Crippen molar-refractivity contribution in [3.05, 3.63) is 186 Å². The zero-order valence-corrected chi connectivity index (χ0v) is 31.3. The average molecular weight is 707 g/mol. The van der Waals surface area contributed by atoms with Crippen molar-refractivity contribution in [2.24, 2.45) is 0 Å². The molecule has 0 saturated heterocycles. The van der Waals surface area contributed by atoms with Crippen molar-refractivity contribution < 1.29 is 0 Å². The molecular formula is C51H38N4. The number of fused-ring (bicyclic) bond motifs is 3. The van der Waals surface area contributed by atoms with Crippen LogP contribution in [0.25, 0.3) is 78.4 Å². The van der Waals surface area contributed by atoms with Crippen LogP contribution in [0, 0.1) is 25.2 Å². The molecule has 0 bridgehead atoms. The van der Waals surface area contributed by atoms with E-state index >= 15 is 0 Å². The first-order valence-electron chi connectivity index (χ1n) is 18.7. The summed E-state index contributed by atoms with van der Waals surface area (Å²) in [5, 5.41) is 9.68. The van der Waals surface area contributed by atoms with Crippen molar-refractivity contribution in [3.63, 3.8) is 0 Å². The molecule has 0 aliphatic heterocycles. The molecule has 4 heteroatoms. The zero-order chi connectivity index (χ0) is 37.7. The van der Waals surface area contributed by atoms with E-state index in [1.54, 1.807) is 0 Å². The third-order valence-corrected chi connectivity index (χ3v) is 10.9. The molecule has 0 amide bonds. The number of nitriles is 1. The highest BCUT2D eigenvalue weighted by molar-refractivity contribution is 5.87. The van der Waals surface area contributed by atoms with Crippen molar-refractivity contribution in [1.29, 1.82) is 5.26 Å². The maximum Gasteiger partial charge on any atom is 0.160 e. The minimum Gasteiger partial charge on any atom is -0.258 e. The van der Waals surface area contributed by atoms with Crippen LogP contribution in [0.4, 0.5) is 0 Å². The van der Waals surface area contributed by atoms with Crippen LogP contribution >= 0.6 is 0 Å². The van der Waals surface area contributed by atoms with Crippen LogP contribution in [0.3, 0.4) is 0 Å². The minimum atomic E-state index is -0.256. The molecule has 0 N–H and O–H groups in total. The Labute approximate surface area is 322 Å². The fourth-order valence-corrected chi connectivity index (χ4v) is 8.00. The normalized spacial score (nSPS) is 12.5. The van der Waals surface area contributed by atoms with Gasteiger partial charge in [0.05, 0.1) is 23.0 Å². The number of hydrogen-bond acceptors (Lipinski definition) is 4. The zero-order valence-electron chi connectivity index (χ0n) is 31.3. The molecule has 2 aromatic heterocycles. The van der Waals surface area contributed by atoms with E-state index in [4.69, 9.17) is 15.0 Å². The molecule has 262 valence electrons. The van der Waals surface area contributed by atoms with Crippen LogP contribution in [0.15, 0.2) is 158 Å². The number of pyridine rings is 1. The van der Waals surface area contributed by atoms with Gasteiger partial charge in [-0.2, -0.15) is 5.26 Å². The fraction of sp³-hybridized carbons (Fsp3) is 0.0980. The molecule has 0 atom stereocenters. The molecule has 0 radical (unpaired) electrons. The molecule has 9 rings (SSSR count). The van der Waals surface area contributed by atoms with Gasteiger partial charge < -0.3 is 0 Å². The lowest BCUT2D eigenvalue weighted by Gasteiger charge is -2.22. The van der Waals surface area contributed by atoms with E-state index in [1.807, 2.05) is 43.3 Å². The fourth-order valence-electron chi connectivity index (χ4n) is 8.00. The second kappa shape index (κ2) is 13.5. The van der Waals surface area contributed by atoms with Crippen molar-refractivity contribution in [1.82, 2.24) is 15.0 Å². The summed E-state index contributed by atoms with van der Waals surface area (Å²) in [4.78, 5) is 15.2. The lowest BCUT2D eigenvalue weighted by atomic mass is 9.81. The maximum absolute atomic E-state index is 9.68. The van der Waals surface area contributed by atoms with Gasteiger partial charge in [0.2, 0.25) is 0 Å². The summed E-state index contributed by atoms with van der Waals surface area (Å²) in [7, 11) is 0. The van der Waals surface area contributed by atoms with Crippen LogP contribution < -0.4 is 0 Å². The van der Waals surface area contributed by atoms with E-state index in [2.05, 4.69) is 148 Å². The number of benzene rings is 6. The van der Waals surface area contributed by atoms with E-state index in [0.29, 0.717) is 11.4 Å². The first-order valence-corrected chi connectivity index (χ1v) is 18.7. The van der Waals surface area contributed by atoms with Crippen LogP contribution in [-0.4, -0.2) is 15.0 Å². The summed E-state index contributed by atoms with van der Waals surface area (Å²) in [6, 6.07) is 57.6. The van der Waals surface area contributed by atoms with Gasteiger partial charge in [0.1, 0.15) is 0 Å². The van der Waals surface area contributed by atoms with Crippen LogP contribution in [0.5, 0.6) is 0 Å². The van der Waals surface area contributed by atoms with Gasteiger partial charge in [-0.05, 0) is 112 Å². The molecule has 6 aromatic carbocycles. The third kappa shape index (κ3) is 6.20. The highest BCUT2D eigenvalue weighted by Gasteiger charge is 2.36. The molecule has 2 heterocycles. The maximum atomic E-state index is 9.68. The van der Waals surface area contributed by atoms with E-state index in [1.165, 1.54) is 27.8 Å². The summed E-state index contributed by atoms with van der Waals surface area (Å²) >= 11 is 0. The molecule has 0 saturated carbocycles. The topological polar surface area (TPSA) is 62.5 Å². The van der Waals surface area contributed by atoms with Gasteiger partial charge in [-0.1, -0.05) is 123 Å². The minimum absolute atomic E-state index is 0.256. The van der Waals surface area contributed by atoms with Crippen molar-refractivity contribution in [3.8, 4) is 84.5 Å². The molecule has 1 aliphatic rings.